The van der Waals surface area contributed by atoms with Crippen molar-refractivity contribution in [2.24, 2.45) is 5.92 Å². The van der Waals surface area contributed by atoms with Gasteiger partial charge in [-0.2, -0.15) is 26.3 Å². The molecule has 1 amide bonds. The van der Waals surface area contributed by atoms with Crippen molar-refractivity contribution in [3.63, 3.8) is 0 Å². The molecule has 1 atom stereocenters. The van der Waals surface area contributed by atoms with Gasteiger partial charge in [0.25, 0.3) is 5.91 Å². The third-order valence-electron chi connectivity index (χ3n) is 6.68. The van der Waals surface area contributed by atoms with Crippen molar-refractivity contribution in [1.29, 1.82) is 0 Å². The summed E-state index contributed by atoms with van der Waals surface area (Å²) in [5.74, 6) is -4.00. The van der Waals surface area contributed by atoms with Gasteiger partial charge < -0.3 is 26.2 Å². The second kappa shape index (κ2) is 14.1. The number of alkyl halides is 6. The Morgan fingerprint density at radius 1 is 1.09 bits per heavy atom. The van der Waals surface area contributed by atoms with E-state index in [1.165, 1.54) is 4.52 Å². The molecule has 20 heteroatoms. The monoisotopic (exact) mass is 680 g/mol. The van der Waals surface area contributed by atoms with E-state index in [4.69, 9.17) is 37.1 Å². The molecule has 1 aliphatic heterocycles. The van der Waals surface area contributed by atoms with Crippen LogP contribution in [0.4, 0.5) is 38.0 Å². The van der Waals surface area contributed by atoms with E-state index in [1.54, 1.807) is 31.0 Å². The molecule has 0 bridgehead atoms. The van der Waals surface area contributed by atoms with Crippen molar-refractivity contribution < 1.29 is 50.9 Å². The Hall–Kier alpha value is -4.81. The van der Waals surface area contributed by atoms with Crippen LogP contribution in [0, 0.1) is 5.92 Å². The minimum absolute atomic E-state index is 0.140. The second-order valence-electron chi connectivity index (χ2n) is 10.0. The number of aromatic nitrogens is 5. The lowest BCUT2D eigenvalue weighted by Crippen LogP contribution is -2.36. The van der Waals surface area contributed by atoms with Gasteiger partial charge in [0.15, 0.2) is 11.5 Å². The van der Waals surface area contributed by atoms with E-state index < -0.39 is 24.3 Å². The van der Waals surface area contributed by atoms with E-state index in [0.717, 1.165) is 42.8 Å². The number of halogens is 7. The summed E-state index contributed by atoms with van der Waals surface area (Å²) in [6, 6.07) is 3.33. The zero-order valence-electron chi connectivity index (χ0n) is 24.0. The maximum Gasteiger partial charge on any atom is 0.490 e. The first-order valence-electron chi connectivity index (χ1n) is 13.2. The number of piperidine rings is 1. The Balaban J connectivity index is 0.000000345. The van der Waals surface area contributed by atoms with E-state index in [1.807, 2.05) is 17.4 Å². The van der Waals surface area contributed by atoms with Gasteiger partial charge in [-0.1, -0.05) is 18.5 Å². The number of amides is 1. The summed E-state index contributed by atoms with van der Waals surface area (Å²) in [6.07, 6.45) is -1.08. The van der Waals surface area contributed by atoms with Crippen LogP contribution in [0.2, 0.25) is 5.02 Å². The molecule has 0 aromatic carbocycles. The van der Waals surface area contributed by atoms with Crippen molar-refractivity contribution in [2.75, 3.05) is 23.7 Å². The van der Waals surface area contributed by atoms with Crippen LogP contribution in [0.1, 0.15) is 48.7 Å². The van der Waals surface area contributed by atoms with Crippen molar-refractivity contribution >= 4 is 52.2 Å². The minimum atomic E-state index is -5.08. The van der Waals surface area contributed by atoms with Gasteiger partial charge in [-0.15, -0.1) is 5.10 Å². The zero-order valence-corrected chi connectivity index (χ0v) is 24.7. The number of fused-ring (bicyclic) bond motifs is 2. The zero-order chi connectivity index (χ0) is 34.6. The normalized spacial score (nSPS) is 14.6. The third-order valence-corrected chi connectivity index (χ3v) is 6.99. The summed E-state index contributed by atoms with van der Waals surface area (Å²) in [5, 5.41) is 22.1. The van der Waals surface area contributed by atoms with Gasteiger partial charge in [0, 0.05) is 31.0 Å². The number of rotatable bonds is 4. The molecular weight excluding hydrogens is 654 g/mol. The predicted molar refractivity (Wildman–Crippen MR) is 151 cm³/mol. The lowest BCUT2D eigenvalue weighted by molar-refractivity contribution is -0.193. The summed E-state index contributed by atoms with van der Waals surface area (Å²) in [4.78, 5) is 41.9. The van der Waals surface area contributed by atoms with Crippen molar-refractivity contribution in [3.05, 3.63) is 53.2 Å². The van der Waals surface area contributed by atoms with E-state index in [-0.39, 0.29) is 23.3 Å². The van der Waals surface area contributed by atoms with Crippen LogP contribution < -0.4 is 16.0 Å². The molecule has 1 saturated heterocycles. The minimum Gasteiger partial charge on any atom is -0.475 e. The van der Waals surface area contributed by atoms with Crippen LogP contribution in [-0.2, 0) is 9.59 Å². The Bertz CT molecular complexity index is 1690. The molecule has 0 saturated carbocycles. The SMILES string of the molecule is CC1CCN(c2c(C(C)NC(=O)c3c(N)nn4cccnc34)cc(Cl)c3cncn23)CC1.O=C(O)C(F)(F)F.O=C(O)C(F)(F)F. The van der Waals surface area contributed by atoms with E-state index in [2.05, 4.69) is 32.2 Å². The number of nitrogens with two attached hydrogens (primary N) is 1. The molecule has 5 rings (SSSR count). The number of hydrogen-bond acceptors (Lipinski definition) is 8. The summed E-state index contributed by atoms with van der Waals surface area (Å²) in [6.45, 7) is 6.10. The fourth-order valence-corrected chi connectivity index (χ4v) is 4.65. The first-order valence-corrected chi connectivity index (χ1v) is 13.6. The molecule has 4 aromatic heterocycles. The quantitative estimate of drug-likeness (QED) is 0.222. The molecule has 0 aliphatic carbocycles. The van der Waals surface area contributed by atoms with Gasteiger partial charge in [-0.3, -0.25) is 9.20 Å². The summed E-state index contributed by atoms with van der Waals surface area (Å²) >= 11 is 6.59. The number of hydrogen-bond donors (Lipinski definition) is 4. The van der Waals surface area contributed by atoms with Gasteiger partial charge in [-0.25, -0.2) is 24.1 Å². The number of carbonyl (C=O) groups is 3. The van der Waals surface area contributed by atoms with Crippen LogP contribution in [0.5, 0.6) is 0 Å². The van der Waals surface area contributed by atoms with Gasteiger partial charge in [0.2, 0.25) is 0 Å². The molecule has 0 radical (unpaired) electrons. The topological polar surface area (TPSA) is 180 Å². The smallest absolute Gasteiger partial charge is 0.475 e. The predicted octanol–water partition coefficient (Wildman–Crippen LogP) is 4.61. The number of nitrogens with one attached hydrogen (secondary N) is 1. The van der Waals surface area contributed by atoms with Crippen LogP contribution in [0.15, 0.2) is 37.1 Å². The van der Waals surface area contributed by atoms with Gasteiger partial charge in [0.1, 0.15) is 17.7 Å². The molecule has 0 spiro atoms. The molecule has 4 aromatic rings. The Labute approximate surface area is 260 Å². The van der Waals surface area contributed by atoms with Gasteiger partial charge >= 0.3 is 24.3 Å². The molecule has 5 N–H and O–H groups in total. The van der Waals surface area contributed by atoms with Crippen LogP contribution in [0.3, 0.4) is 0 Å². The lowest BCUT2D eigenvalue weighted by Gasteiger charge is -2.35. The van der Waals surface area contributed by atoms with E-state index in [9.17, 15) is 31.1 Å². The highest BCUT2D eigenvalue weighted by molar-refractivity contribution is 6.34. The van der Waals surface area contributed by atoms with Crippen LogP contribution in [0.25, 0.3) is 11.2 Å². The molecule has 250 valence electrons. The summed E-state index contributed by atoms with van der Waals surface area (Å²) < 4.78 is 67.0. The number of aliphatic carboxylic acids is 2. The van der Waals surface area contributed by atoms with Gasteiger partial charge in [-0.05, 0) is 37.8 Å². The Morgan fingerprint density at radius 3 is 2.20 bits per heavy atom. The maximum atomic E-state index is 13.2. The maximum absolute atomic E-state index is 13.2. The highest BCUT2D eigenvalue weighted by atomic mass is 35.5. The molecule has 1 aliphatic rings. The van der Waals surface area contributed by atoms with Crippen molar-refractivity contribution in [3.8, 4) is 0 Å². The lowest BCUT2D eigenvalue weighted by atomic mass is 9.98. The number of anilines is 2. The fourth-order valence-electron chi connectivity index (χ4n) is 4.40. The average molecular weight is 681 g/mol. The third kappa shape index (κ3) is 8.46. The van der Waals surface area contributed by atoms with Crippen molar-refractivity contribution in [2.45, 2.75) is 45.1 Å². The van der Waals surface area contributed by atoms with Crippen LogP contribution >= 0.6 is 11.6 Å². The number of carbonyl (C=O) groups excluding carboxylic acids is 1. The number of imidazole rings is 1. The molecule has 13 nitrogen and oxygen atoms in total. The number of nitrogen functional groups attached to an aromatic ring is 1. The van der Waals surface area contributed by atoms with Crippen LogP contribution in [-0.4, -0.2) is 77.5 Å². The van der Waals surface area contributed by atoms with E-state index >= 15 is 0 Å². The second-order valence-corrected chi connectivity index (χ2v) is 10.4. The molecule has 5 heterocycles. The molecule has 46 heavy (non-hydrogen) atoms. The largest absolute Gasteiger partial charge is 0.490 e. The fraction of sp³-hybridized carbons (Fsp3) is 0.385. The standard InChI is InChI=1S/C22H25ClN8O.2C2HF3O2/c1-13-4-8-29(9-5-13)22-15(10-16(23)17-11-25-12-30(17)22)14(2)27-21(32)18-19(24)28-31-7-3-6-26-20(18)31;2*3-2(4,5)1(6)7/h3,6-7,10-14H,4-5,8-9H2,1-2H3,(H2,24,28)(H,27,32);2*(H,6,7). The number of nitrogens with zero attached hydrogens (tertiary/aromatic N) is 6. The number of carboxylic acids is 2. The number of pyridine rings is 1. The Kier molecular flexibility index (Phi) is 10.9. The van der Waals surface area contributed by atoms with E-state index in [0.29, 0.717) is 16.6 Å². The van der Waals surface area contributed by atoms with Crippen molar-refractivity contribution in [1.82, 2.24) is 29.3 Å². The molecule has 1 unspecified atom stereocenters. The summed E-state index contributed by atoms with van der Waals surface area (Å²) in [7, 11) is 0. The summed E-state index contributed by atoms with van der Waals surface area (Å²) in [5.41, 5.74) is 8.49. The first-order chi connectivity index (χ1) is 21.3. The first kappa shape index (κ1) is 35.7. The average Bonchev–Trinajstić information content (AvgIpc) is 3.58. The molecular formula is C26H27ClF6N8O5. The Morgan fingerprint density at radius 2 is 1.65 bits per heavy atom. The van der Waals surface area contributed by atoms with Gasteiger partial charge in [0.05, 0.1) is 22.8 Å². The molecule has 1 fully saturated rings. The number of carboxylic acid groups (broad SMARTS) is 2. The highest BCUT2D eigenvalue weighted by Gasteiger charge is 2.39. The highest BCUT2D eigenvalue weighted by Crippen LogP contribution is 2.35.